The average Bonchev–Trinajstić information content (AvgIpc) is 3.05. The summed E-state index contributed by atoms with van der Waals surface area (Å²) in [6.07, 6.45) is 1.42. The SMILES string of the molecule is CC(=NO)c1ccc(OC(C(O)C(C)(C)C)n2cncn2)cc1. The molecule has 23 heavy (non-hydrogen) atoms. The van der Waals surface area contributed by atoms with E-state index in [2.05, 4.69) is 15.2 Å². The molecule has 7 heteroatoms. The van der Waals surface area contributed by atoms with E-state index in [-0.39, 0.29) is 0 Å². The molecule has 2 atom stereocenters. The van der Waals surface area contributed by atoms with Crippen molar-refractivity contribution in [3.8, 4) is 5.75 Å². The standard InChI is InChI=1S/C16H22N4O3/c1-11(19-22)12-5-7-13(8-6-12)23-15(14(21)16(2,3)4)20-10-17-9-18-20/h5-10,14-15,21-22H,1-4H3. The molecular formula is C16H22N4O3. The number of benzene rings is 1. The molecule has 1 aromatic heterocycles. The van der Waals surface area contributed by atoms with Crippen LogP contribution >= 0.6 is 0 Å². The summed E-state index contributed by atoms with van der Waals surface area (Å²) in [7, 11) is 0. The Kier molecular flexibility index (Phi) is 5.00. The number of oxime groups is 1. The molecule has 0 saturated carbocycles. The monoisotopic (exact) mass is 318 g/mol. The summed E-state index contributed by atoms with van der Waals surface area (Å²) in [5, 5.41) is 26.6. The van der Waals surface area contributed by atoms with E-state index in [0.29, 0.717) is 11.5 Å². The fraction of sp³-hybridized carbons (Fsp3) is 0.438. The molecule has 2 N–H and O–H groups in total. The highest BCUT2D eigenvalue weighted by Crippen LogP contribution is 2.30. The third-order valence-corrected chi connectivity index (χ3v) is 3.53. The Balaban J connectivity index is 2.25. The van der Waals surface area contributed by atoms with Crippen LogP contribution in [0, 0.1) is 5.41 Å². The van der Waals surface area contributed by atoms with Crippen LogP contribution in [0.2, 0.25) is 0 Å². The van der Waals surface area contributed by atoms with E-state index >= 15 is 0 Å². The van der Waals surface area contributed by atoms with Crippen molar-refractivity contribution >= 4 is 5.71 Å². The molecule has 0 radical (unpaired) electrons. The van der Waals surface area contributed by atoms with Gasteiger partial charge in [0.25, 0.3) is 0 Å². The number of aliphatic hydroxyl groups is 1. The first-order valence-electron chi connectivity index (χ1n) is 7.31. The quantitative estimate of drug-likeness (QED) is 0.502. The predicted molar refractivity (Wildman–Crippen MR) is 85.6 cm³/mol. The topological polar surface area (TPSA) is 92.8 Å². The minimum atomic E-state index is -0.787. The van der Waals surface area contributed by atoms with Crippen LogP contribution in [0.1, 0.15) is 39.5 Å². The minimum Gasteiger partial charge on any atom is -0.466 e. The highest BCUT2D eigenvalue weighted by Gasteiger charge is 2.34. The van der Waals surface area contributed by atoms with Gasteiger partial charge in [0.2, 0.25) is 6.23 Å². The Morgan fingerprint density at radius 3 is 2.39 bits per heavy atom. The van der Waals surface area contributed by atoms with E-state index in [1.807, 2.05) is 20.8 Å². The molecule has 0 aliphatic heterocycles. The van der Waals surface area contributed by atoms with Gasteiger partial charge in [-0.25, -0.2) is 9.67 Å². The molecule has 1 heterocycles. The Morgan fingerprint density at radius 1 is 1.26 bits per heavy atom. The molecule has 1 aromatic carbocycles. The fourth-order valence-corrected chi connectivity index (χ4v) is 2.01. The molecule has 2 unspecified atom stereocenters. The van der Waals surface area contributed by atoms with Crippen LogP contribution in [0.15, 0.2) is 42.1 Å². The Morgan fingerprint density at radius 2 is 1.91 bits per heavy atom. The maximum atomic E-state index is 10.6. The Labute approximate surface area is 135 Å². The van der Waals surface area contributed by atoms with Gasteiger partial charge in [0, 0.05) is 0 Å². The van der Waals surface area contributed by atoms with E-state index in [1.54, 1.807) is 31.2 Å². The second-order valence-electron chi connectivity index (χ2n) is 6.40. The predicted octanol–water partition coefficient (Wildman–Crippen LogP) is 2.46. The van der Waals surface area contributed by atoms with E-state index in [0.717, 1.165) is 5.56 Å². The summed E-state index contributed by atoms with van der Waals surface area (Å²) < 4.78 is 7.41. The minimum absolute atomic E-state index is 0.392. The van der Waals surface area contributed by atoms with Crippen LogP contribution in [0.25, 0.3) is 0 Å². The van der Waals surface area contributed by atoms with Crippen molar-refractivity contribution in [2.75, 3.05) is 0 Å². The van der Waals surface area contributed by atoms with Gasteiger partial charge in [-0.2, -0.15) is 5.10 Å². The van der Waals surface area contributed by atoms with Crippen molar-refractivity contribution in [3.05, 3.63) is 42.5 Å². The maximum absolute atomic E-state index is 10.6. The second-order valence-corrected chi connectivity index (χ2v) is 6.40. The maximum Gasteiger partial charge on any atom is 0.219 e. The summed E-state index contributed by atoms with van der Waals surface area (Å²) in [6, 6.07) is 7.07. The largest absolute Gasteiger partial charge is 0.466 e. The molecule has 0 spiro atoms. The molecule has 0 fully saturated rings. The van der Waals surface area contributed by atoms with Gasteiger partial charge in [0.1, 0.15) is 24.5 Å². The molecule has 0 amide bonds. The van der Waals surface area contributed by atoms with Gasteiger partial charge in [-0.15, -0.1) is 0 Å². The molecule has 2 rings (SSSR count). The number of aromatic nitrogens is 3. The van der Waals surface area contributed by atoms with Crippen molar-refractivity contribution < 1.29 is 15.1 Å². The van der Waals surface area contributed by atoms with Crippen LogP contribution in [0.3, 0.4) is 0 Å². The third kappa shape index (κ3) is 4.07. The highest BCUT2D eigenvalue weighted by atomic mass is 16.5. The van der Waals surface area contributed by atoms with Crippen LogP contribution < -0.4 is 4.74 Å². The van der Waals surface area contributed by atoms with Gasteiger partial charge in [0.05, 0.1) is 5.71 Å². The molecule has 2 aromatic rings. The van der Waals surface area contributed by atoms with Gasteiger partial charge in [0.15, 0.2) is 0 Å². The van der Waals surface area contributed by atoms with E-state index < -0.39 is 17.7 Å². The smallest absolute Gasteiger partial charge is 0.219 e. The fourth-order valence-electron chi connectivity index (χ4n) is 2.01. The number of hydrogen-bond acceptors (Lipinski definition) is 6. The summed E-state index contributed by atoms with van der Waals surface area (Å²) in [5.41, 5.74) is 0.907. The number of rotatable bonds is 5. The summed E-state index contributed by atoms with van der Waals surface area (Å²) in [5.74, 6) is 0.572. The second kappa shape index (κ2) is 6.78. The average molecular weight is 318 g/mol. The van der Waals surface area contributed by atoms with Gasteiger partial charge in [-0.05, 0) is 42.2 Å². The molecule has 0 bridgehead atoms. The lowest BCUT2D eigenvalue weighted by Gasteiger charge is -2.32. The summed E-state index contributed by atoms with van der Waals surface area (Å²) in [6.45, 7) is 7.48. The first-order valence-corrected chi connectivity index (χ1v) is 7.31. The number of aliphatic hydroxyl groups excluding tert-OH is 1. The van der Waals surface area contributed by atoms with E-state index in [1.165, 1.54) is 17.3 Å². The molecule has 124 valence electrons. The Bertz CT molecular complexity index is 645. The first kappa shape index (κ1) is 17.0. The zero-order valence-electron chi connectivity index (χ0n) is 13.7. The lowest BCUT2D eigenvalue weighted by atomic mass is 9.88. The first-order chi connectivity index (χ1) is 10.8. The molecular weight excluding hydrogens is 296 g/mol. The number of hydrogen-bond donors (Lipinski definition) is 2. The van der Waals surface area contributed by atoms with Gasteiger partial charge in [-0.1, -0.05) is 25.9 Å². The van der Waals surface area contributed by atoms with Gasteiger partial charge < -0.3 is 15.1 Å². The summed E-state index contributed by atoms with van der Waals surface area (Å²) >= 11 is 0. The summed E-state index contributed by atoms with van der Waals surface area (Å²) in [4.78, 5) is 3.91. The van der Waals surface area contributed by atoms with Crippen LogP contribution in [-0.2, 0) is 0 Å². The Hall–Kier alpha value is -2.41. The zero-order chi connectivity index (χ0) is 17.0. The van der Waals surface area contributed by atoms with Crippen LogP contribution in [0.5, 0.6) is 5.75 Å². The van der Waals surface area contributed by atoms with E-state index in [4.69, 9.17) is 9.94 Å². The normalized spacial score (nSPS) is 15.3. The molecule has 7 nitrogen and oxygen atoms in total. The van der Waals surface area contributed by atoms with E-state index in [9.17, 15) is 5.11 Å². The van der Waals surface area contributed by atoms with Crippen molar-refractivity contribution in [1.29, 1.82) is 0 Å². The highest BCUT2D eigenvalue weighted by molar-refractivity contribution is 5.98. The molecule has 0 saturated heterocycles. The third-order valence-electron chi connectivity index (χ3n) is 3.53. The molecule has 0 aliphatic carbocycles. The van der Waals surface area contributed by atoms with Crippen molar-refractivity contribution in [1.82, 2.24) is 14.8 Å². The lowest BCUT2D eigenvalue weighted by Crippen LogP contribution is -2.38. The van der Waals surface area contributed by atoms with Crippen molar-refractivity contribution in [3.63, 3.8) is 0 Å². The number of ether oxygens (including phenoxy) is 1. The zero-order valence-corrected chi connectivity index (χ0v) is 13.7. The molecule has 0 aliphatic rings. The van der Waals surface area contributed by atoms with Crippen molar-refractivity contribution in [2.45, 2.75) is 40.0 Å². The van der Waals surface area contributed by atoms with Gasteiger partial charge in [-0.3, -0.25) is 0 Å². The van der Waals surface area contributed by atoms with Crippen molar-refractivity contribution in [2.24, 2.45) is 10.6 Å². The van der Waals surface area contributed by atoms with Gasteiger partial charge >= 0.3 is 0 Å². The van der Waals surface area contributed by atoms with Crippen LogP contribution in [0.4, 0.5) is 0 Å². The lowest BCUT2D eigenvalue weighted by molar-refractivity contribution is -0.0731. The van der Waals surface area contributed by atoms with Crippen LogP contribution in [-0.4, -0.2) is 36.9 Å². The number of nitrogens with zero attached hydrogens (tertiary/aromatic N) is 4.